The van der Waals surface area contributed by atoms with Crippen LogP contribution in [-0.2, 0) is 30.7 Å². The van der Waals surface area contributed by atoms with E-state index >= 15 is 0 Å². The van der Waals surface area contributed by atoms with Gasteiger partial charge in [-0.25, -0.2) is 18.0 Å². The predicted molar refractivity (Wildman–Crippen MR) is 101 cm³/mol. The third kappa shape index (κ3) is 3.35. The number of carbonyl (C=O) groups excluding carboxylic acids is 2. The first-order valence-electron chi connectivity index (χ1n) is 9.05. The molecule has 0 saturated carbocycles. The second kappa shape index (κ2) is 7.27. The Hall–Kier alpha value is -2.87. The van der Waals surface area contributed by atoms with E-state index in [9.17, 15) is 18.0 Å². The van der Waals surface area contributed by atoms with E-state index < -0.39 is 28.1 Å². The predicted octanol–water partition coefficient (Wildman–Crippen LogP) is 2.30. The van der Waals surface area contributed by atoms with Gasteiger partial charge >= 0.3 is 11.9 Å². The van der Waals surface area contributed by atoms with Crippen molar-refractivity contribution in [1.29, 1.82) is 0 Å². The average molecular weight is 401 g/mol. The van der Waals surface area contributed by atoms with Crippen LogP contribution in [-0.4, -0.2) is 39.6 Å². The summed E-state index contributed by atoms with van der Waals surface area (Å²) in [6.07, 6.45) is 1.01. The first-order chi connectivity index (χ1) is 13.5. The van der Waals surface area contributed by atoms with Crippen LogP contribution in [0.4, 0.5) is 5.69 Å². The van der Waals surface area contributed by atoms with Crippen molar-refractivity contribution in [2.24, 2.45) is 0 Å². The maximum atomic E-state index is 13.1. The molecule has 4 rings (SSSR count). The van der Waals surface area contributed by atoms with E-state index in [0.29, 0.717) is 18.7 Å². The molecule has 7 nitrogen and oxygen atoms in total. The van der Waals surface area contributed by atoms with Gasteiger partial charge in [0.2, 0.25) is 6.10 Å². The van der Waals surface area contributed by atoms with Crippen molar-refractivity contribution in [3.63, 3.8) is 0 Å². The minimum atomic E-state index is -3.74. The van der Waals surface area contributed by atoms with Crippen molar-refractivity contribution in [3.05, 3.63) is 59.7 Å². The summed E-state index contributed by atoms with van der Waals surface area (Å²) in [5.74, 6) is -1.24. The van der Waals surface area contributed by atoms with Gasteiger partial charge < -0.3 is 9.47 Å². The number of hydrogen-bond acceptors (Lipinski definition) is 6. The van der Waals surface area contributed by atoms with Crippen molar-refractivity contribution < 1.29 is 27.5 Å². The van der Waals surface area contributed by atoms with Crippen molar-refractivity contribution >= 4 is 27.6 Å². The standard InChI is InChI=1S/C20H19NO6S/c22-19(27-18-11-13-26-20(18)23)15-7-9-16(10-8-15)28(24,25)21-12-3-5-14-4-1-2-6-17(14)21/h1-2,4,6-10,18H,3,5,11-13H2. The number of hydrogen-bond donors (Lipinski definition) is 0. The van der Waals surface area contributed by atoms with Crippen LogP contribution in [0.2, 0.25) is 0 Å². The molecule has 2 aliphatic rings. The summed E-state index contributed by atoms with van der Waals surface area (Å²) in [5.41, 5.74) is 1.87. The number of cyclic esters (lactones) is 1. The molecule has 28 heavy (non-hydrogen) atoms. The van der Waals surface area contributed by atoms with Crippen LogP contribution in [0.3, 0.4) is 0 Å². The van der Waals surface area contributed by atoms with Gasteiger partial charge in [0.1, 0.15) is 0 Å². The Kier molecular flexibility index (Phi) is 4.80. The molecule has 0 aliphatic carbocycles. The topological polar surface area (TPSA) is 90.0 Å². The van der Waals surface area contributed by atoms with Crippen LogP contribution in [0.25, 0.3) is 0 Å². The Morgan fingerprint density at radius 1 is 1.11 bits per heavy atom. The Morgan fingerprint density at radius 2 is 1.86 bits per heavy atom. The van der Waals surface area contributed by atoms with Crippen LogP contribution < -0.4 is 4.31 Å². The van der Waals surface area contributed by atoms with E-state index in [1.807, 2.05) is 18.2 Å². The molecule has 8 heteroatoms. The van der Waals surface area contributed by atoms with Gasteiger partial charge in [-0.3, -0.25) is 4.31 Å². The fourth-order valence-electron chi connectivity index (χ4n) is 3.42. The second-order valence-electron chi connectivity index (χ2n) is 6.68. The van der Waals surface area contributed by atoms with E-state index in [4.69, 9.17) is 9.47 Å². The minimum absolute atomic E-state index is 0.0982. The van der Waals surface area contributed by atoms with Gasteiger partial charge in [0.15, 0.2) is 0 Å². The Morgan fingerprint density at radius 3 is 2.57 bits per heavy atom. The monoisotopic (exact) mass is 401 g/mol. The number of nitrogens with zero attached hydrogens (tertiary/aromatic N) is 1. The van der Waals surface area contributed by atoms with Gasteiger partial charge in [-0.05, 0) is 48.7 Å². The normalized spacial score (nSPS) is 19.1. The molecule has 0 radical (unpaired) electrons. The van der Waals surface area contributed by atoms with Crippen LogP contribution in [0, 0.1) is 0 Å². The van der Waals surface area contributed by atoms with Crippen molar-refractivity contribution in [2.75, 3.05) is 17.5 Å². The summed E-state index contributed by atoms with van der Waals surface area (Å²) in [4.78, 5) is 23.7. The highest BCUT2D eigenvalue weighted by Gasteiger charge is 2.31. The highest BCUT2D eigenvalue weighted by Crippen LogP contribution is 2.31. The number of esters is 2. The first-order valence-corrected chi connectivity index (χ1v) is 10.5. The maximum absolute atomic E-state index is 13.1. The zero-order chi connectivity index (χ0) is 19.7. The third-order valence-corrected chi connectivity index (χ3v) is 6.71. The van der Waals surface area contributed by atoms with Crippen molar-refractivity contribution in [1.82, 2.24) is 0 Å². The number of anilines is 1. The van der Waals surface area contributed by atoms with Crippen molar-refractivity contribution in [3.8, 4) is 0 Å². The van der Waals surface area contributed by atoms with Crippen LogP contribution >= 0.6 is 0 Å². The minimum Gasteiger partial charge on any atom is -0.463 e. The Labute approximate surface area is 162 Å². The molecule has 0 bridgehead atoms. The van der Waals surface area contributed by atoms with E-state index in [0.717, 1.165) is 18.4 Å². The van der Waals surface area contributed by atoms with E-state index in [1.54, 1.807) is 6.07 Å². The second-order valence-corrected chi connectivity index (χ2v) is 8.55. The highest BCUT2D eigenvalue weighted by atomic mass is 32.2. The van der Waals surface area contributed by atoms with Gasteiger partial charge in [-0.2, -0.15) is 0 Å². The number of aryl methyl sites for hydroxylation is 1. The zero-order valence-electron chi connectivity index (χ0n) is 15.0. The van der Waals surface area contributed by atoms with Gasteiger partial charge in [0.05, 0.1) is 22.8 Å². The first kappa shape index (κ1) is 18.5. The van der Waals surface area contributed by atoms with E-state index in [1.165, 1.54) is 28.6 Å². The lowest BCUT2D eigenvalue weighted by molar-refractivity contribution is -0.145. The lowest BCUT2D eigenvalue weighted by atomic mass is 10.0. The number of rotatable bonds is 4. The molecule has 1 unspecified atom stereocenters. The number of carbonyl (C=O) groups is 2. The molecule has 0 spiro atoms. The molecule has 2 heterocycles. The number of para-hydroxylation sites is 1. The summed E-state index contributed by atoms with van der Waals surface area (Å²) in [7, 11) is -3.74. The van der Waals surface area contributed by atoms with Crippen molar-refractivity contribution in [2.45, 2.75) is 30.3 Å². The fourth-order valence-corrected chi connectivity index (χ4v) is 4.96. The Balaban J connectivity index is 1.55. The maximum Gasteiger partial charge on any atom is 0.347 e. The molecule has 1 fully saturated rings. The lowest BCUT2D eigenvalue weighted by Gasteiger charge is -2.30. The molecular formula is C20H19NO6S. The summed E-state index contributed by atoms with van der Waals surface area (Å²) in [6.45, 7) is 0.637. The number of ether oxygens (including phenoxy) is 2. The third-order valence-electron chi connectivity index (χ3n) is 4.88. The number of sulfonamides is 1. The molecule has 0 amide bonds. The Bertz CT molecular complexity index is 1020. The summed E-state index contributed by atoms with van der Waals surface area (Å²) in [6, 6.07) is 13.0. The average Bonchev–Trinajstić information content (AvgIpc) is 3.12. The summed E-state index contributed by atoms with van der Waals surface area (Å²) in [5, 5.41) is 0. The van der Waals surface area contributed by atoms with Gasteiger partial charge in [-0.15, -0.1) is 0 Å². The van der Waals surface area contributed by atoms with Gasteiger partial charge in [0.25, 0.3) is 10.0 Å². The quantitative estimate of drug-likeness (QED) is 0.731. The zero-order valence-corrected chi connectivity index (χ0v) is 15.9. The molecule has 2 aromatic carbocycles. The molecule has 0 N–H and O–H groups in total. The largest absolute Gasteiger partial charge is 0.463 e. The van der Waals surface area contributed by atoms with Crippen LogP contribution in [0.5, 0.6) is 0 Å². The fraction of sp³-hybridized carbons (Fsp3) is 0.300. The van der Waals surface area contributed by atoms with Crippen LogP contribution in [0.15, 0.2) is 53.4 Å². The summed E-state index contributed by atoms with van der Waals surface area (Å²) < 4.78 is 37.5. The SMILES string of the molecule is O=C(OC1CCOC1=O)c1ccc(S(=O)(=O)N2CCCc3ccccc32)cc1. The number of fused-ring (bicyclic) bond motifs is 1. The molecule has 2 aromatic rings. The van der Waals surface area contributed by atoms with Crippen LogP contribution in [0.1, 0.15) is 28.8 Å². The smallest absolute Gasteiger partial charge is 0.347 e. The van der Waals surface area contributed by atoms with Gasteiger partial charge in [-0.1, -0.05) is 18.2 Å². The van der Waals surface area contributed by atoms with E-state index in [2.05, 4.69) is 0 Å². The van der Waals surface area contributed by atoms with E-state index in [-0.39, 0.29) is 17.1 Å². The lowest BCUT2D eigenvalue weighted by Crippen LogP contribution is -2.35. The summed E-state index contributed by atoms with van der Waals surface area (Å²) >= 11 is 0. The molecular weight excluding hydrogens is 382 g/mol. The molecule has 1 saturated heterocycles. The highest BCUT2D eigenvalue weighted by molar-refractivity contribution is 7.92. The molecule has 0 aromatic heterocycles. The molecule has 2 aliphatic heterocycles. The molecule has 146 valence electrons. The molecule has 1 atom stereocenters. The van der Waals surface area contributed by atoms with Gasteiger partial charge in [0, 0.05) is 13.0 Å². The number of benzene rings is 2.